The fourth-order valence-electron chi connectivity index (χ4n) is 7.63. The maximum absolute atomic E-state index is 15.2. The number of para-hydroxylation sites is 1. The molecule has 0 aliphatic carbocycles. The van der Waals surface area contributed by atoms with Crippen molar-refractivity contribution in [3.8, 4) is 0 Å². The van der Waals surface area contributed by atoms with Crippen molar-refractivity contribution in [3.63, 3.8) is 0 Å². The van der Waals surface area contributed by atoms with Gasteiger partial charge in [-0.25, -0.2) is 0 Å². The van der Waals surface area contributed by atoms with Crippen molar-refractivity contribution in [2.45, 2.75) is 17.5 Å². The highest BCUT2D eigenvalue weighted by atomic mass is 79.9. The number of hydrogen-bond acceptors (Lipinski definition) is 5. The minimum atomic E-state index is -1.10. The van der Waals surface area contributed by atoms with Gasteiger partial charge in [0, 0.05) is 62.4 Å². The molecule has 3 aromatic rings. The third-order valence-corrected chi connectivity index (χ3v) is 11.0. The summed E-state index contributed by atoms with van der Waals surface area (Å²) >= 11 is 8.97. The molecule has 0 aromatic heterocycles. The van der Waals surface area contributed by atoms with E-state index in [4.69, 9.17) is 0 Å². The molecule has 1 N–H and O–H groups in total. The average molecular weight is 665 g/mol. The first-order chi connectivity index (χ1) is 18.9. The molecule has 198 valence electrons. The van der Waals surface area contributed by atoms with Gasteiger partial charge < -0.3 is 10.2 Å². The van der Waals surface area contributed by atoms with Crippen molar-refractivity contribution >= 4 is 67.1 Å². The van der Waals surface area contributed by atoms with Crippen LogP contribution in [0, 0.1) is 5.41 Å². The Kier molecular flexibility index (Phi) is 6.21. The van der Waals surface area contributed by atoms with Crippen LogP contribution in [0.4, 0.5) is 5.69 Å². The maximum atomic E-state index is 15.2. The first kappa shape index (κ1) is 25.7. The summed E-state index contributed by atoms with van der Waals surface area (Å²) in [6.07, 6.45) is 2.02. The Labute approximate surface area is 249 Å². The van der Waals surface area contributed by atoms with E-state index >= 15 is 4.79 Å². The quantitative estimate of drug-likeness (QED) is 0.335. The Morgan fingerprint density at radius 3 is 2.41 bits per heavy atom. The van der Waals surface area contributed by atoms with Gasteiger partial charge in [0.2, 0.25) is 0 Å². The van der Waals surface area contributed by atoms with Crippen molar-refractivity contribution in [3.05, 3.63) is 104 Å². The van der Waals surface area contributed by atoms with E-state index < -0.39 is 11.0 Å². The number of Topliss-reactive ketones (excluding diaryl/α,β-unsaturated/α-hetero) is 1. The Bertz CT molecular complexity index is 1530. The minimum Gasteiger partial charge on any atom is -0.324 e. The zero-order valence-electron chi connectivity index (χ0n) is 21.4. The minimum absolute atomic E-state index is 0.0532. The summed E-state index contributed by atoms with van der Waals surface area (Å²) in [7, 11) is 2.08. The molecule has 0 saturated carbocycles. The van der Waals surface area contributed by atoms with Crippen LogP contribution in [0.25, 0.3) is 6.08 Å². The van der Waals surface area contributed by atoms with Crippen LogP contribution in [0.2, 0.25) is 0 Å². The SMILES string of the molecule is CN1C/C(=C\c2ccc(Br)cc2)C(=O)[C@]2(C1)[C@H](c1ccc(Br)cc1)[C@@H]1CSCN1[C@@]21C(=O)Nc2ccccc21. The summed E-state index contributed by atoms with van der Waals surface area (Å²) in [5, 5.41) is 3.21. The molecule has 3 saturated heterocycles. The summed E-state index contributed by atoms with van der Waals surface area (Å²) in [5.74, 6) is 1.44. The number of nitrogens with zero attached hydrogens (tertiary/aromatic N) is 2. The highest BCUT2D eigenvalue weighted by molar-refractivity contribution is 9.10. The summed E-state index contributed by atoms with van der Waals surface area (Å²) in [4.78, 5) is 34.3. The molecule has 5 nitrogen and oxygen atoms in total. The number of anilines is 1. The second kappa shape index (κ2) is 9.42. The van der Waals surface area contributed by atoms with Gasteiger partial charge in [-0.1, -0.05) is 74.3 Å². The second-order valence-corrected chi connectivity index (χ2v) is 13.8. The number of halogens is 2. The lowest BCUT2D eigenvalue weighted by Gasteiger charge is -2.51. The molecule has 0 bridgehead atoms. The van der Waals surface area contributed by atoms with E-state index in [-0.39, 0.29) is 23.7 Å². The number of hydrogen-bond donors (Lipinski definition) is 1. The molecule has 0 unspecified atom stereocenters. The van der Waals surface area contributed by atoms with Crippen molar-refractivity contribution in [1.29, 1.82) is 0 Å². The van der Waals surface area contributed by atoms with Gasteiger partial charge in [0.15, 0.2) is 5.78 Å². The van der Waals surface area contributed by atoms with E-state index in [0.717, 1.165) is 42.6 Å². The summed E-state index contributed by atoms with van der Waals surface area (Å²) in [6, 6.07) is 24.4. The van der Waals surface area contributed by atoms with Crippen LogP contribution in [-0.2, 0) is 15.1 Å². The van der Waals surface area contributed by atoms with Gasteiger partial charge in [-0.3, -0.25) is 14.5 Å². The van der Waals surface area contributed by atoms with Crippen LogP contribution in [0.15, 0.2) is 87.3 Å². The Morgan fingerprint density at radius 2 is 1.67 bits per heavy atom. The molecule has 3 aromatic carbocycles. The molecule has 4 aliphatic rings. The average Bonchev–Trinajstić information content (AvgIpc) is 3.57. The van der Waals surface area contributed by atoms with Gasteiger partial charge in [-0.2, -0.15) is 0 Å². The predicted octanol–water partition coefficient (Wildman–Crippen LogP) is 6.12. The number of ketones is 1. The number of nitrogens with one attached hydrogen (secondary N) is 1. The van der Waals surface area contributed by atoms with Crippen LogP contribution < -0.4 is 5.32 Å². The molecular formula is C31H27Br2N3O2S. The Balaban J connectivity index is 1.52. The van der Waals surface area contributed by atoms with Gasteiger partial charge in [-0.05, 0) is 54.6 Å². The number of carbonyl (C=O) groups is 2. The molecule has 8 heteroatoms. The van der Waals surface area contributed by atoms with Crippen molar-refractivity contribution in [1.82, 2.24) is 9.80 Å². The van der Waals surface area contributed by atoms with Gasteiger partial charge in [0.1, 0.15) is 5.54 Å². The normalized spacial score (nSPS) is 31.3. The van der Waals surface area contributed by atoms with E-state index in [1.54, 1.807) is 0 Å². The monoisotopic (exact) mass is 663 g/mol. The Morgan fingerprint density at radius 1 is 0.974 bits per heavy atom. The Hall–Kier alpha value is -2.23. The second-order valence-electron chi connectivity index (χ2n) is 11.0. The molecule has 4 atom stereocenters. The lowest BCUT2D eigenvalue weighted by atomic mass is 9.55. The summed E-state index contributed by atoms with van der Waals surface area (Å²) in [6.45, 7) is 1.05. The fourth-order valence-corrected chi connectivity index (χ4v) is 9.46. The fraction of sp³-hybridized carbons (Fsp3) is 0.290. The first-order valence-corrected chi connectivity index (χ1v) is 15.8. The zero-order chi connectivity index (χ0) is 26.9. The smallest absolute Gasteiger partial charge is 0.250 e. The van der Waals surface area contributed by atoms with E-state index in [2.05, 4.69) is 84.4 Å². The number of piperidine rings is 1. The van der Waals surface area contributed by atoms with Crippen LogP contribution >= 0.6 is 43.6 Å². The highest BCUT2D eigenvalue weighted by Gasteiger charge is 2.78. The molecule has 4 heterocycles. The maximum Gasteiger partial charge on any atom is 0.250 e. The van der Waals surface area contributed by atoms with Crippen molar-refractivity contribution in [2.75, 3.05) is 37.1 Å². The van der Waals surface area contributed by atoms with E-state index in [0.29, 0.717) is 19.0 Å². The molecule has 39 heavy (non-hydrogen) atoms. The molecule has 1 amide bonds. The van der Waals surface area contributed by atoms with Crippen molar-refractivity contribution < 1.29 is 9.59 Å². The first-order valence-electron chi connectivity index (χ1n) is 13.1. The number of likely N-dealkylation sites (N-methyl/N-ethyl adjacent to an activating group) is 1. The van der Waals surface area contributed by atoms with E-state index in [1.807, 2.05) is 60.3 Å². The molecular weight excluding hydrogens is 638 g/mol. The van der Waals surface area contributed by atoms with Crippen LogP contribution in [-0.4, -0.2) is 59.3 Å². The number of rotatable bonds is 2. The third kappa shape index (κ3) is 3.58. The number of amides is 1. The standard InChI is InChI=1S/C31H27Br2N3O2S/c1-35-15-21(14-19-6-10-22(32)11-7-19)28(37)30(17-35)27(20-8-12-23(33)13-9-20)26-16-39-18-36(26)31(30)24-4-2-3-5-25(24)34-29(31)38/h2-14,26-27H,15-18H2,1H3,(H,34,38)/b21-14+/t26-,27+,30-,31-/m0/s1. The van der Waals surface area contributed by atoms with Crippen LogP contribution in [0.5, 0.6) is 0 Å². The zero-order valence-corrected chi connectivity index (χ0v) is 25.4. The van der Waals surface area contributed by atoms with Gasteiger partial charge >= 0.3 is 0 Å². The molecule has 4 aliphatic heterocycles. The lowest BCUT2D eigenvalue weighted by molar-refractivity contribution is -0.146. The summed E-state index contributed by atoms with van der Waals surface area (Å²) < 4.78 is 1.99. The predicted molar refractivity (Wildman–Crippen MR) is 164 cm³/mol. The highest BCUT2D eigenvalue weighted by Crippen LogP contribution is 2.68. The van der Waals surface area contributed by atoms with Gasteiger partial charge in [0.05, 0.1) is 5.41 Å². The molecule has 0 radical (unpaired) electrons. The summed E-state index contributed by atoms with van der Waals surface area (Å²) in [5.41, 5.74) is 2.47. The van der Waals surface area contributed by atoms with E-state index in [9.17, 15) is 4.79 Å². The number of thioether (sulfide) groups is 1. The molecule has 3 fully saturated rings. The van der Waals surface area contributed by atoms with Crippen molar-refractivity contribution in [2.24, 2.45) is 5.41 Å². The number of fused-ring (bicyclic) bond motifs is 5. The van der Waals surface area contributed by atoms with Gasteiger partial charge in [-0.15, -0.1) is 11.8 Å². The van der Waals surface area contributed by atoms with E-state index in [1.165, 1.54) is 0 Å². The van der Waals surface area contributed by atoms with Crippen LogP contribution in [0.1, 0.15) is 22.6 Å². The lowest BCUT2D eigenvalue weighted by Crippen LogP contribution is -2.65. The molecule has 7 rings (SSSR count). The number of likely N-dealkylation sites (tertiary alicyclic amines) is 1. The largest absolute Gasteiger partial charge is 0.324 e. The third-order valence-electron chi connectivity index (χ3n) is 8.90. The topological polar surface area (TPSA) is 52.7 Å². The van der Waals surface area contributed by atoms with Crippen LogP contribution in [0.3, 0.4) is 0 Å². The number of carbonyl (C=O) groups excluding carboxylic acids is 2. The van der Waals surface area contributed by atoms with Gasteiger partial charge in [0.25, 0.3) is 5.91 Å². The number of benzene rings is 3. The molecule has 2 spiro atoms.